The van der Waals surface area contributed by atoms with E-state index in [1.165, 1.54) is 12.1 Å². The number of likely N-dealkylation sites (N-methyl/N-ethyl adjacent to an activating group) is 1. The topological polar surface area (TPSA) is 52.6 Å². The first-order chi connectivity index (χ1) is 12.3. The number of carbonyl (C=O) groups excluding carboxylic acids is 1. The molecule has 0 bridgehead atoms. The van der Waals surface area contributed by atoms with E-state index in [1.807, 2.05) is 19.2 Å². The lowest BCUT2D eigenvalue weighted by Crippen LogP contribution is -2.30. The summed E-state index contributed by atoms with van der Waals surface area (Å²) in [4.78, 5) is 14.3. The highest BCUT2D eigenvalue weighted by molar-refractivity contribution is 5.95. The fourth-order valence-corrected chi connectivity index (χ4v) is 3.12. The molecule has 26 heavy (non-hydrogen) atoms. The van der Waals surface area contributed by atoms with Crippen LogP contribution in [0.5, 0.6) is 0 Å². The quantitative estimate of drug-likeness (QED) is 0.876. The van der Waals surface area contributed by atoms with Gasteiger partial charge >= 0.3 is 6.18 Å². The Balaban J connectivity index is 1.69. The van der Waals surface area contributed by atoms with Gasteiger partial charge in [-0.15, -0.1) is 0 Å². The Morgan fingerprint density at radius 1 is 1.27 bits per heavy atom. The number of hydrogen-bond donors (Lipinski definition) is 2. The fraction of sp³-hybridized carbons (Fsp3) is 0.316. The number of hydrogen-bond acceptors (Lipinski definition) is 3. The minimum atomic E-state index is -4.61. The van der Waals surface area contributed by atoms with Crippen molar-refractivity contribution >= 4 is 11.6 Å². The van der Waals surface area contributed by atoms with Gasteiger partial charge in [-0.05, 0) is 35.7 Å². The molecule has 1 heterocycles. The Hall–Kier alpha value is -2.54. The van der Waals surface area contributed by atoms with Gasteiger partial charge in [0.05, 0.1) is 17.2 Å². The first-order valence-electron chi connectivity index (χ1n) is 8.24. The van der Waals surface area contributed by atoms with Crippen LogP contribution in [-0.2, 0) is 12.6 Å². The minimum absolute atomic E-state index is 0.167. The van der Waals surface area contributed by atoms with Crippen molar-refractivity contribution in [2.24, 2.45) is 0 Å². The highest BCUT2D eigenvalue weighted by Gasteiger charge is 2.34. The molecule has 4 nitrogen and oxygen atoms in total. The lowest BCUT2D eigenvalue weighted by molar-refractivity contribution is -0.137. The molecule has 0 fully saturated rings. The maximum atomic E-state index is 13.0. The molecule has 1 atom stereocenters. The summed E-state index contributed by atoms with van der Waals surface area (Å²) >= 11 is 0. The lowest BCUT2D eigenvalue weighted by atomic mass is 10.0. The maximum Gasteiger partial charge on any atom is 0.417 e. The summed E-state index contributed by atoms with van der Waals surface area (Å²) in [5.74, 6) is -0.863. The number of anilines is 1. The van der Waals surface area contributed by atoms with Gasteiger partial charge in [0, 0.05) is 25.8 Å². The van der Waals surface area contributed by atoms with Crippen LogP contribution in [0.15, 0.2) is 42.5 Å². The van der Waals surface area contributed by atoms with Gasteiger partial charge in [0.15, 0.2) is 0 Å². The van der Waals surface area contributed by atoms with Crippen LogP contribution in [-0.4, -0.2) is 31.2 Å². The number of benzene rings is 2. The van der Waals surface area contributed by atoms with Crippen LogP contribution < -0.4 is 10.2 Å². The molecular formula is C19H19F3N2O2. The van der Waals surface area contributed by atoms with E-state index in [0.717, 1.165) is 36.3 Å². The van der Waals surface area contributed by atoms with Crippen molar-refractivity contribution in [2.75, 3.05) is 25.0 Å². The van der Waals surface area contributed by atoms with Crippen LogP contribution >= 0.6 is 0 Å². The number of fused-ring (bicyclic) bond motifs is 1. The molecule has 1 aliphatic heterocycles. The van der Waals surface area contributed by atoms with Gasteiger partial charge in [-0.3, -0.25) is 4.79 Å². The van der Waals surface area contributed by atoms with Crippen molar-refractivity contribution in [1.29, 1.82) is 0 Å². The second-order valence-corrected chi connectivity index (χ2v) is 6.33. The Labute approximate surface area is 149 Å². The fourth-order valence-electron chi connectivity index (χ4n) is 3.12. The van der Waals surface area contributed by atoms with E-state index in [0.29, 0.717) is 5.56 Å². The van der Waals surface area contributed by atoms with Crippen LogP contribution in [0.4, 0.5) is 18.9 Å². The molecule has 0 spiro atoms. The van der Waals surface area contributed by atoms with E-state index in [9.17, 15) is 23.1 Å². The number of rotatable bonds is 4. The Bertz CT molecular complexity index is 821. The zero-order valence-corrected chi connectivity index (χ0v) is 14.2. The smallest absolute Gasteiger partial charge is 0.387 e. The Kier molecular flexibility index (Phi) is 4.91. The zero-order chi connectivity index (χ0) is 18.9. The van der Waals surface area contributed by atoms with E-state index in [-0.39, 0.29) is 6.54 Å². The van der Waals surface area contributed by atoms with E-state index < -0.39 is 29.3 Å². The average Bonchev–Trinajstić information content (AvgIpc) is 2.99. The second-order valence-electron chi connectivity index (χ2n) is 6.33. The van der Waals surface area contributed by atoms with Gasteiger partial charge in [0.1, 0.15) is 0 Å². The van der Waals surface area contributed by atoms with E-state index in [2.05, 4.69) is 10.2 Å². The molecule has 7 heteroatoms. The molecule has 2 aromatic rings. The normalized spacial score (nSPS) is 14.9. The van der Waals surface area contributed by atoms with Crippen molar-refractivity contribution in [3.8, 4) is 0 Å². The van der Waals surface area contributed by atoms with E-state index in [1.54, 1.807) is 6.07 Å². The highest BCUT2D eigenvalue weighted by Crippen LogP contribution is 2.32. The van der Waals surface area contributed by atoms with Gasteiger partial charge in [0.25, 0.3) is 5.91 Å². The third kappa shape index (κ3) is 3.67. The lowest BCUT2D eigenvalue weighted by Gasteiger charge is -2.16. The monoisotopic (exact) mass is 364 g/mol. The van der Waals surface area contributed by atoms with Gasteiger partial charge in [-0.1, -0.05) is 24.3 Å². The van der Waals surface area contributed by atoms with Crippen molar-refractivity contribution in [2.45, 2.75) is 18.7 Å². The first-order valence-corrected chi connectivity index (χ1v) is 8.24. The number of nitrogens with one attached hydrogen (secondary N) is 1. The molecular weight excluding hydrogens is 345 g/mol. The number of nitrogens with zero attached hydrogens (tertiary/aromatic N) is 1. The zero-order valence-electron chi connectivity index (χ0n) is 14.2. The molecule has 2 aromatic carbocycles. The van der Waals surface area contributed by atoms with Crippen LogP contribution in [0, 0.1) is 0 Å². The van der Waals surface area contributed by atoms with Gasteiger partial charge in [-0.2, -0.15) is 13.2 Å². The number of aliphatic hydroxyl groups is 1. The van der Waals surface area contributed by atoms with Crippen LogP contribution in [0.3, 0.4) is 0 Å². The Morgan fingerprint density at radius 2 is 2.00 bits per heavy atom. The summed E-state index contributed by atoms with van der Waals surface area (Å²) in [5, 5.41) is 12.7. The summed E-state index contributed by atoms with van der Waals surface area (Å²) in [6.45, 7) is 0.736. The minimum Gasteiger partial charge on any atom is -0.387 e. The van der Waals surface area contributed by atoms with Crippen molar-refractivity contribution in [3.05, 3.63) is 64.7 Å². The summed E-state index contributed by atoms with van der Waals surface area (Å²) in [5.41, 5.74) is 1.39. The van der Waals surface area contributed by atoms with Gasteiger partial charge in [0.2, 0.25) is 0 Å². The largest absolute Gasteiger partial charge is 0.417 e. The summed E-state index contributed by atoms with van der Waals surface area (Å²) in [6.07, 6.45) is -4.73. The molecule has 0 aliphatic carbocycles. The SMILES string of the molecule is CN1CCc2cc([C@@H](O)CNC(=O)c3ccccc3C(F)(F)F)ccc21. The number of amides is 1. The molecule has 2 N–H and O–H groups in total. The van der Waals surface area contributed by atoms with E-state index in [4.69, 9.17) is 0 Å². The molecule has 1 aliphatic rings. The summed E-state index contributed by atoms with van der Waals surface area (Å²) in [7, 11) is 1.99. The standard InChI is InChI=1S/C19H19F3N2O2/c1-24-9-8-12-10-13(6-7-16(12)24)17(25)11-23-18(26)14-4-2-3-5-15(14)19(20,21)22/h2-7,10,17,25H,8-9,11H2,1H3,(H,23,26)/t17-/m0/s1. The number of halogens is 3. The molecule has 1 amide bonds. The van der Waals surface area contributed by atoms with Crippen molar-refractivity contribution < 1.29 is 23.1 Å². The molecule has 138 valence electrons. The molecule has 0 unspecified atom stereocenters. The average molecular weight is 364 g/mol. The highest BCUT2D eigenvalue weighted by atomic mass is 19.4. The molecule has 0 saturated heterocycles. The Morgan fingerprint density at radius 3 is 2.73 bits per heavy atom. The number of aliphatic hydroxyl groups excluding tert-OH is 1. The maximum absolute atomic E-state index is 13.0. The number of alkyl halides is 3. The van der Waals surface area contributed by atoms with Crippen molar-refractivity contribution in [1.82, 2.24) is 5.32 Å². The van der Waals surface area contributed by atoms with Crippen molar-refractivity contribution in [3.63, 3.8) is 0 Å². The molecule has 0 radical (unpaired) electrons. The van der Waals surface area contributed by atoms with Crippen LogP contribution in [0.1, 0.15) is 33.2 Å². The van der Waals surface area contributed by atoms with Crippen LogP contribution in [0.25, 0.3) is 0 Å². The second kappa shape index (κ2) is 6.99. The van der Waals surface area contributed by atoms with Gasteiger partial charge in [-0.25, -0.2) is 0 Å². The third-order valence-electron chi connectivity index (χ3n) is 4.55. The summed E-state index contributed by atoms with van der Waals surface area (Å²) in [6, 6.07) is 10.1. The van der Waals surface area contributed by atoms with Gasteiger partial charge < -0.3 is 15.3 Å². The number of carbonyl (C=O) groups is 1. The third-order valence-corrected chi connectivity index (χ3v) is 4.55. The first kappa shape index (κ1) is 18.3. The summed E-state index contributed by atoms with van der Waals surface area (Å²) < 4.78 is 39.0. The molecule has 0 saturated carbocycles. The molecule has 0 aromatic heterocycles. The molecule has 3 rings (SSSR count). The predicted molar refractivity (Wildman–Crippen MR) is 92.2 cm³/mol. The van der Waals surface area contributed by atoms with Crippen LogP contribution in [0.2, 0.25) is 0 Å². The van der Waals surface area contributed by atoms with E-state index >= 15 is 0 Å². The predicted octanol–water partition coefficient (Wildman–Crippen LogP) is 3.16.